The fourth-order valence-electron chi connectivity index (χ4n) is 0.685. The van der Waals surface area contributed by atoms with Crippen molar-refractivity contribution in [2.45, 2.75) is 6.55 Å². The number of benzene rings is 1. The number of rotatable bonds is 1. The van der Waals surface area contributed by atoms with Crippen LogP contribution in [0.5, 0.6) is 5.75 Å². The molecule has 0 spiro atoms. The SMILES string of the molecule is C[Si]c1ccccc1O. The van der Waals surface area contributed by atoms with Crippen LogP contribution in [0, 0.1) is 0 Å². The molecule has 1 nitrogen and oxygen atoms in total. The normalized spacial score (nSPS) is 9.44. The molecule has 2 radical (unpaired) electrons. The average molecular weight is 136 g/mol. The van der Waals surface area contributed by atoms with Gasteiger partial charge in [-0.25, -0.2) is 0 Å². The van der Waals surface area contributed by atoms with Gasteiger partial charge in [0.1, 0.15) is 5.75 Å². The van der Waals surface area contributed by atoms with Gasteiger partial charge in [-0.3, -0.25) is 0 Å². The van der Waals surface area contributed by atoms with Crippen molar-refractivity contribution in [3.63, 3.8) is 0 Å². The summed E-state index contributed by atoms with van der Waals surface area (Å²) in [6.07, 6.45) is 0. The Kier molecular flexibility index (Phi) is 1.90. The molecular weight excluding hydrogens is 128 g/mol. The van der Waals surface area contributed by atoms with Crippen molar-refractivity contribution in [3.8, 4) is 5.75 Å². The lowest BCUT2D eigenvalue weighted by molar-refractivity contribution is 0.479. The number of hydrogen-bond acceptors (Lipinski definition) is 1. The lowest BCUT2D eigenvalue weighted by Gasteiger charge is -1.96. The monoisotopic (exact) mass is 136 g/mol. The molecule has 0 heterocycles. The molecule has 0 fully saturated rings. The van der Waals surface area contributed by atoms with Gasteiger partial charge < -0.3 is 5.11 Å². The highest BCUT2D eigenvalue weighted by molar-refractivity contribution is 6.53. The summed E-state index contributed by atoms with van der Waals surface area (Å²) in [4.78, 5) is 0. The van der Waals surface area contributed by atoms with E-state index in [-0.39, 0.29) is 0 Å². The van der Waals surface area contributed by atoms with Gasteiger partial charge in [0.2, 0.25) is 0 Å². The molecule has 1 aromatic carbocycles. The Bertz CT molecular complexity index is 198. The van der Waals surface area contributed by atoms with Crippen molar-refractivity contribution in [1.82, 2.24) is 0 Å². The molecule has 1 aromatic rings. The van der Waals surface area contributed by atoms with E-state index in [0.29, 0.717) is 15.3 Å². The summed E-state index contributed by atoms with van der Waals surface area (Å²) in [5, 5.41) is 10.2. The van der Waals surface area contributed by atoms with Crippen LogP contribution in [-0.2, 0) is 0 Å². The van der Waals surface area contributed by atoms with Crippen LogP contribution in [0.4, 0.5) is 0 Å². The Morgan fingerprint density at radius 1 is 1.33 bits per heavy atom. The Hall–Kier alpha value is -0.763. The lowest BCUT2D eigenvalue weighted by Crippen LogP contribution is -2.09. The van der Waals surface area contributed by atoms with Gasteiger partial charge in [0, 0.05) is 0 Å². The van der Waals surface area contributed by atoms with Crippen LogP contribution in [-0.4, -0.2) is 14.6 Å². The zero-order valence-corrected chi connectivity index (χ0v) is 6.26. The van der Waals surface area contributed by atoms with Gasteiger partial charge >= 0.3 is 0 Å². The molecular formula is C7H8OSi. The van der Waals surface area contributed by atoms with E-state index in [1.54, 1.807) is 6.07 Å². The smallest absolute Gasteiger partial charge is 0.114 e. The topological polar surface area (TPSA) is 20.2 Å². The van der Waals surface area contributed by atoms with Gasteiger partial charge in [-0.15, -0.1) is 0 Å². The fraction of sp³-hybridized carbons (Fsp3) is 0.143. The molecule has 0 atom stereocenters. The minimum absolute atomic E-state index is 0.415. The summed E-state index contributed by atoms with van der Waals surface area (Å²) >= 11 is 0. The second-order valence-corrected chi connectivity index (χ2v) is 2.81. The van der Waals surface area contributed by atoms with Gasteiger partial charge in [-0.1, -0.05) is 24.7 Å². The van der Waals surface area contributed by atoms with E-state index < -0.39 is 0 Å². The van der Waals surface area contributed by atoms with E-state index in [0.717, 1.165) is 5.19 Å². The molecule has 9 heavy (non-hydrogen) atoms. The van der Waals surface area contributed by atoms with Crippen LogP contribution in [0.25, 0.3) is 0 Å². The number of phenolic OH excluding ortho intramolecular Hbond substituents is 1. The zero-order valence-electron chi connectivity index (χ0n) is 5.26. The molecule has 0 aliphatic carbocycles. The third-order valence-corrected chi connectivity index (χ3v) is 2.13. The molecule has 1 N–H and O–H groups in total. The molecule has 46 valence electrons. The summed E-state index contributed by atoms with van der Waals surface area (Å²) in [6, 6.07) is 7.42. The molecule has 0 saturated heterocycles. The third-order valence-electron chi connectivity index (χ3n) is 1.17. The molecule has 0 unspecified atom stereocenters. The quantitative estimate of drug-likeness (QED) is 0.565. The highest BCUT2D eigenvalue weighted by Gasteiger charge is 1.93. The van der Waals surface area contributed by atoms with Crippen molar-refractivity contribution in [2.75, 3.05) is 0 Å². The Balaban J connectivity index is 3.01. The van der Waals surface area contributed by atoms with E-state index >= 15 is 0 Å². The summed E-state index contributed by atoms with van der Waals surface area (Å²) in [7, 11) is 0.679. The van der Waals surface area contributed by atoms with Crippen molar-refractivity contribution in [1.29, 1.82) is 0 Å². The second kappa shape index (κ2) is 2.69. The second-order valence-electron chi connectivity index (χ2n) is 1.77. The first kappa shape index (κ1) is 6.36. The highest BCUT2D eigenvalue weighted by atomic mass is 28.2. The largest absolute Gasteiger partial charge is 0.508 e. The Labute approximate surface area is 57.2 Å². The molecule has 0 bridgehead atoms. The van der Waals surface area contributed by atoms with Gasteiger partial charge in [0.15, 0.2) is 0 Å². The predicted molar refractivity (Wildman–Crippen MR) is 39.4 cm³/mol. The minimum Gasteiger partial charge on any atom is -0.508 e. The average Bonchev–Trinajstić information content (AvgIpc) is 1.89. The first-order chi connectivity index (χ1) is 4.34. The van der Waals surface area contributed by atoms with Crippen molar-refractivity contribution in [2.24, 2.45) is 0 Å². The minimum atomic E-state index is 0.415. The van der Waals surface area contributed by atoms with E-state index in [1.807, 2.05) is 18.2 Å². The fourth-order valence-corrected chi connectivity index (χ4v) is 1.29. The Morgan fingerprint density at radius 3 is 2.44 bits per heavy atom. The van der Waals surface area contributed by atoms with E-state index in [9.17, 15) is 0 Å². The first-order valence-electron chi connectivity index (χ1n) is 2.80. The van der Waals surface area contributed by atoms with Gasteiger partial charge in [0.05, 0.1) is 9.52 Å². The predicted octanol–water partition coefficient (Wildman–Crippen LogP) is 0.770. The van der Waals surface area contributed by atoms with Crippen LogP contribution < -0.4 is 5.19 Å². The van der Waals surface area contributed by atoms with Crippen molar-refractivity contribution < 1.29 is 5.11 Å². The highest BCUT2D eigenvalue weighted by Crippen LogP contribution is 2.00. The summed E-state index contributed by atoms with van der Waals surface area (Å²) in [6.45, 7) is 2.05. The standard InChI is InChI=1S/C7H8OSi/c1-9-7-5-3-2-4-6(7)8/h2-5,8H,1H3. The molecule has 0 aliphatic heterocycles. The van der Waals surface area contributed by atoms with Crippen LogP contribution in [0.1, 0.15) is 0 Å². The number of para-hydroxylation sites is 1. The van der Waals surface area contributed by atoms with Crippen LogP contribution in [0.15, 0.2) is 24.3 Å². The lowest BCUT2D eigenvalue weighted by atomic mass is 10.3. The van der Waals surface area contributed by atoms with E-state index in [1.165, 1.54) is 0 Å². The zero-order chi connectivity index (χ0) is 6.69. The Morgan fingerprint density at radius 2 is 2.00 bits per heavy atom. The maximum atomic E-state index is 9.12. The molecule has 0 aromatic heterocycles. The number of hydrogen-bond donors (Lipinski definition) is 1. The summed E-state index contributed by atoms with van der Waals surface area (Å²) in [5.74, 6) is 0.415. The molecule has 0 amide bonds. The number of aromatic hydroxyl groups is 1. The van der Waals surface area contributed by atoms with Gasteiger partial charge in [-0.05, 0) is 11.3 Å². The maximum Gasteiger partial charge on any atom is 0.114 e. The van der Waals surface area contributed by atoms with Gasteiger partial charge in [0.25, 0.3) is 0 Å². The molecule has 0 saturated carbocycles. The van der Waals surface area contributed by atoms with Crippen LogP contribution in [0.2, 0.25) is 6.55 Å². The van der Waals surface area contributed by atoms with Crippen LogP contribution >= 0.6 is 0 Å². The summed E-state index contributed by atoms with van der Waals surface area (Å²) < 4.78 is 0. The molecule has 2 heteroatoms. The van der Waals surface area contributed by atoms with Crippen molar-refractivity contribution >= 4 is 14.7 Å². The summed E-state index contributed by atoms with van der Waals surface area (Å²) in [5.41, 5.74) is 0. The third kappa shape index (κ3) is 1.33. The van der Waals surface area contributed by atoms with E-state index in [2.05, 4.69) is 6.55 Å². The molecule has 0 aliphatic rings. The number of phenols is 1. The van der Waals surface area contributed by atoms with Gasteiger partial charge in [-0.2, -0.15) is 0 Å². The van der Waals surface area contributed by atoms with E-state index in [4.69, 9.17) is 5.11 Å². The van der Waals surface area contributed by atoms with Crippen molar-refractivity contribution in [3.05, 3.63) is 24.3 Å². The van der Waals surface area contributed by atoms with Crippen LogP contribution in [0.3, 0.4) is 0 Å². The maximum absolute atomic E-state index is 9.12. The first-order valence-corrected chi connectivity index (χ1v) is 4.30. The molecule has 1 rings (SSSR count).